The Hall–Kier alpha value is -3.92. The lowest BCUT2D eigenvalue weighted by Crippen LogP contribution is -2.35. The van der Waals surface area contributed by atoms with E-state index in [1.54, 1.807) is 19.1 Å². The van der Waals surface area contributed by atoms with Crippen LogP contribution in [0.25, 0.3) is 0 Å². The van der Waals surface area contributed by atoms with Crippen molar-refractivity contribution in [2.75, 3.05) is 23.8 Å². The third kappa shape index (κ3) is 6.32. The molecule has 0 aliphatic heterocycles. The zero-order valence-electron chi connectivity index (χ0n) is 19.2. The maximum absolute atomic E-state index is 12.4. The number of esters is 1. The summed E-state index contributed by atoms with van der Waals surface area (Å²) in [7, 11) is 0. The quantitative estimate of drug-likeness (QED) is 0.419. The predicted octanol–water partition coefficient (Wildman–Crippen LogP) is 3.74. The maximum atomic E-state index is 12.4. The van der Waals surface area contributed by atoms with Crippen LogP contribution in [0.5, 0.6) is 0 Å². The number of benzene rings is 1. The van der Waals surface area contributed by atoms with Gasteiger partial charge in [0.25, 0.3) is 11.8 Å². The van der Waals surface area contributed by atoms with Crippen molar-refractivity contribution >= 4 is 45.7 Å². The Morgan fingerprint density at radius 1 is 0.941 bits per heavy atom. The number of thiophene rings is 1. The number of furan rings is 1. The zero-order valence-corrected chi connectivity index (χ0v) is 20.1. The Morgan fingerprint density at radius 2 is 1.65 bits per heavy atom. The van der Waals surface area contributed by atoms with Crippen molar-refractivity contribution in [3.8, 4) is 0 Å². The summed E-state index contributed by atoms with van der Waals surface area (Å²) < 4.78 is 10.1. The molecule has 3 N–H and O–H groups in total. The van der Waals surface area contributed by atoms with Gasteiger partial charge in [0.1, 0.15) is 4.88 Å². The first kappa shape index (κ1) is 24.7. The Balaban J connectivity index is 1.47. The molecule has 0 saturated carbocycles. The molecule has 9 nitrogen and oxygen atoms in total. The summed E-state index contributed by atoms with van der Waals surface area (Å²) in [5, 5.41) is 8.30. The molecule has 1 aromatic carbocycles. The maximum Gasteiger partial charge on any atom is 0.349 e. The van der Waals surface area contributed by atoms with Gasteiger partial charge in [0.15, 0.2) is 12.4 Å². The Kier molecular flexibility index (Phi) is 7.85. The van der Waals surface area contributed by atoms with Crippen molar-refractivity contribution in [2.45, 2.75) is 27.7 Å². The van der Waals surface area contributed by atoms with Gasteiger partial charge in [-0.1, -0.05) is 17.7 Å². The third-order valence-corrected chi connectivity index (χ3v) is 5.94. The lowest BCUT2D eigenvalue weighted by atomic mass is 10.1. The minimum atomic E-state index is -0.702. The molecule has 0 bridgehead atoms. The lowest BCUT2D eigenvalue weighted by molar-refractivity contribution is -0.126. The molecule has 0 aliphatic rings. The molecule has 3 rings (SSSR count). The van der Waals surface area contributed by atoms with E-state index in [0.29, 0.717) is 16.3 Å². The van der Waals surface area contributed by atoms with Gasteiger partial charge in [0.2, 0.25) is 5.91 Å². The summed E-state index contributed by atoms with van der Waals surface area (Å²) in [4.78, 5) is 49.0. The van der Waals surface area contributed by atoms with E-state index in [2.05, 4.69) is 16.0 Å². The van der Waals surface area contributed by atoms with Gasteiger partial charge >= 0.3 is 5.97 Å². The molecular weight excluding hydrogens is 458 g/mol. The molecule has 0 radical (unpaired) electrons. The van der Waals surface area contributed by atoms with Crippen molar-refractivity contribution in [2.24, 2.45) is 0 Å². The first-order valence-corrected chi connectivity index (χ1v) is 11.2. The van der Waals surface area contributed by atoms with Crippen LogP contribution in [0.3, 0.4) is 0 Å². The standard InChI is InChI=1S/C24H25N3O6S/c1-13-8-14(2)21(15(3)9-13)26-18(28)11-25-19(29)12-33-24(31)22-16(4)10-20(34-22)27-23(30)17-6-5-7-32-17/h5-10H,11-12H2,1-4H3,(H,25,29)(H,26,28)(H,27,30). The fourth-order valence-corrected chi connectivity index (χ4v) is 4.28. The number of hydrogen-bond acceptors (Lipinski definition) is 7. The van der Waals surface area contributed by atoms with Gasteiger partial charge in [-0.05, 0) is 62.6 Å². The highest BCUT2D eigenvalue weighted by Gasteiger charge is 2.19. The van der Waals surface area contributed by atoms with Gasteiger partial charge in [0, 0.05) is 5.69 Å². The first-order valence-electron chi connectivity index (χ1n) is 10.4. The van der Waals surface area contributed by atoms with Crippen molar-refractivity contribution in [1.82, 2.24) is 5.32 Å². The first-order chi connectivity index (χ1) is 16.1. The molecule has 0 aliphatic carbocycles. The summed E-state index contributed by atoms with van der Waals surface area (Å²) in [5.41, 5.74) is 4.25. The minimum absolute atomic E-state index is 0.142. The van der Waals surface area contributed by atoms with Gasteiger partial charge in [-0.3, -0.25) is 14.4 Å². The van der Waals surface area contributed by atoms with Crippen molar-refractivity contribution in [3.63, 3.8) is 0 Å². The topological polar surface area (TPSA) is 127 Å². The summed E-state index contributed by atoms with van der Waals surface area (Å²) >= 11 is 1.02. The van der Waals surface area contributed by atoms with Crippen molar-refractivity contribution < 1.29 is 28.3 Å². The molecule has 34 heavy (non-hydrogen) atoms. The Labute approximate surface area is 200 Å². The number of hydrogen-bond donors (Lipinski definition) is 3. The molecule has 2 heterocycles. The van der Waals surface area contributed by atoms with E-state index < -0.39 is 24.4 Å². The SMILES string of the molecule is Cc1cc(C)c(NC(=O)CNC(=O)COC(=O)c2sc(NC(=O)c3ccco3)cc2C)c(C)c1. The molecule has 0 fully saturated rings. The molecule has 0 atom stereocenters. The number of carbonyl (C=O) groups is 4. The van der Waals surface area contributed by atoms with Crippen LogP contribution < -0.4 is 16.0 Å². The van der Waals surface area contributed by atoms with Gasteiger partial charge in [-0.25, -0.2) is 4.79 Å². The summed E-state index contributed by atoms with van der Waals surface area (Å²) in [5.74, 6) is -2.00. The van der Waals surface area contributed by atoms with Gasteiger partial charge in [0.05, 0.1) is 17.8 Å². The largest absolute Gasteiger partial charge is 0.459 e. The lowest BCUT2D eigenvalue weighted by Gasteiger charge is -2.13. The number of rotatable bonds is 8. The second kappa shape index (κ2) is 10.8. The van der Waals surface area contributed by atoms with E-state index >= 15 is 0 Å². The Morgan fingerprint density at radius 3 is 2.29 bits per heavy atom. The number of nitrogens with one attached hydrogen (secondary N) is 3. The summed E-state index contributed by atoms with van der Waals surface area (Å²) in [6.07, 6.45) is 1.39. The number of carbonyl (C=O) groups excluding carboxylic acids is 4. The molecular formula is C24H25N3O6S. The third-order valence-electron chi connectivity index (χ3n) is 4.81. The van der Waals surface area contributed by atoms with Crippen LogP contribution >= 0.6 is 11.3 Å². The number of amides is 3. The normalized spacial score (nSPS) is 10.5. The van der Waals surface area contributed by atoms with E-state index in [-0.39, 0.29) is 23.1 Å². The van der Waals surface area contributed by atoms with E-state index in [1.807, 2.05) is 32.9 Å². The van der Waals surface area contributed by atoms with Crippen LogP contribution in [0, 0.1) is 27.7 Å². The van der Waals surface area contributed by atoms with Crippen molar-refractivity contribution in [1.29, 1.82) is 0 Å². The van der Waals surface area contributed by atoms with Gasteiger partial charge < -0.3 is 25.1 Å². The number of aryl methyl sites for hydroxylation is 4. The average molecular weight is 484 g/mol. The van der Waals surface area contributed by atoms with Crippen molar-refractivity contribution in [3.05, 3.63) is 69.5 Å². The van der Waals surface area contributed by atoms with Gasteiger partial charge in [-0.2, -0.15) is 0 Å². The smallest absolute Gasteiger partial charge is 0.349 e. The van der Waals surface area contributed by atoms with E-state index in [0.717, 1.165) is 28.0 Å². The number of ether oxygens (including phenoxy) is 1. The predicted molar refractivity (Wildman–Crippen MR) is 128 cm³/mol. The molecule has 3 aromatic rings. The molecule has 178 valence electrons. The molecule has 2 aromatic heterocycles. The molecule has 0 spiro atoms. The van der Waals surface area contributed by atoms with Gasteiger partial charge in [-0.15, -0.1) is 11.3 Å². The number of anilines is 2. The summed E-state index contributed by atoms with van der Waals surface area (Å²) in [6.45, 7) is 6.66. The van der Waals surface area contributed by atoms with Crippen LogP contribution in [0.1, 0.15) is 42.5 Å². The van der Waals surface area contributed by atoms with Crippen LogP contribution in [-0.2, 0) is 14.3 Å². The molecule has 10 heteroatoms. The molecule has 0 saturated heterocycles. The van der Waals surface area contributed by atoms with Crippen LogP contribution in [0.15, 0.2) is 41.0 Å². The highest BCUT2D eigenvalue weighted by Crippen LogP contribution is 2.28. The zero-order chi connectivity index (χ0) is 24.8. The fourth-order valence-electron chi connectivity index (χ4n) is 3.31. The average Bonchev–Trinajstić information content (AvgIpc) is 3.43. The van der Waals surface area contributed by atoms with Crippen LogP contribution in [0.2, 0.25) is 0 Å². The highest BCUT2D eigenvalue weighted by molar-refractivity contribution is 7.18. The fraction of sp³-hybridized carbons (Fsp3) is 0.250. The van der Waals surface area contributed by atoms with Crippen LogP contribution in [0.4, 0.5) is 10.7 Å². The molecule has 0 unspecified atom stereocenters. The highest BCUT2D eigenvalue weighted by atomic mass is 32.1. The van der Waals surface area contributed by atoms with E-state index in [1.165, 1.54) is 12.3 Å². The van der Waals surface area contributed by atoms with E-state index in [4.69, 9.17) is 9.15 Å². The minimum Gasteiger partial charge on any atom is -0.459 e. The van der Waals surface area contributed by atoms with Crippen LogP contribution in [-0.4, -0.2) is 36.8 Å². The molecule has 3 amide bonds. The second-order valence-electron chi connectivity index (χ2n) is 7.73. The monoisotopic (exact) mass is 483 g/mol. The second-order valence-corrected chi connectivity index (χ2v) is 8.78. The Bertz CT molecular complexity index is 1210. The van der Waals surface area contributed by atoms with E-state index in [9.17, 15) is 19.2 Å². The summed E-state index contributed by atoms with van der Waals surface area (Å²) in [6, 6.07) is 8.66.